The fourth-order valence-electron chi connectivity index (χ4n) is 4.37. The number of aromatic nitrogens is 1. The SMILES string of the molecule is Cc1ccc2c(c1)c([C@H](NC(=O)c1ccccc1)c1ccccc1)cn2Cc1ccccc1. The fourth-order valence-corrected chi connectivity index (χ4v) is 4.37. The van der Waals surface area contributed by atoms with Crippen molar-refractivity contribution < 1.29 is 4.79 Å². The Labute approximate surface area is 194 Å². The van der Waals surface area contributed by atoms with Gasteiger partial charge in [-0.1, -0.05) is 90.5 Å². The van der Waals surface area contributed by atoms with Crippen LogP contribution in [0.4, 0.5) is 0 Å². The predicted octanol–water partition coefficient (Wildman–Crippen LogP) is 6.52. The van der Waals surface area contributed by atoms with E-state index in [1.165, 1.54) is 11.1 Å². The number of fused-ring (bicyclic) bond motifs is 1. The highest BCUT2D eigenvalue weighted by Crippen LogP contribution is 2.32. The molecule has 0 aliphatic rings. The molecule has 1 N–H and O–H groups in total. The van der Waals surface area contributed by atoms with Crippen LogP contribution in [0.5, 0.6) is 0 Å². The number of nitrogens with one attached hydrogen (secondary N) is 1. The Balaban J connectivity index is 1.62. The van der Waals surface area contributed by atoms with Crippen molar-refractivity contribution in [2.75, 3.05) is 0 Å². The Bertz CT molecular complexity index is 1370. The van der Waals surface area contributed by atoms with Crippen LogP contribution in [0.15, 0.2) is 115 Å². The molecule has 33 heavy (non-hydrogen) atoms. The summed E-state index contributed by atoms with van der Waals surface area (Å²) in [5.41, 5.74) is 6.41. The van der Waals surface area contributed by atoms with E-state index < -0.39 is 0 Å². The molecule has 5 rings (SSSR count). The van der Waals surface area contributed by atoms with Gasteiger partial charge in [0.15, 0.2) is 0 Å². The van der Waals surface area contributed by atoms with Crippen molar-refractivity contribution in [1.29, 1.82) is 0 Å². The maximum absolute atomic E-state index is 13.2. The first-order chi connectivity index (χ1) is 16.2. The molecule has 0 spiro atoms. The summed E-state index contributed by atoms with van der Waals surface area (Å²) in [5.74, 6) is -0.0823. The molecule has 0 unspecified atom stereocenters. The van der Waals surface area contributed by atoms with Crippen molar-refractivity contribution >= 4 is 16.8 Å². The molecular formula is C30H26N2O. The number of aryl methyl sites for hydroxylation is 1. The third kappa shape index (κ3) is 4.44. The number of benzene rings is 4. The minimum Gasteiger partial charge on any atom is -0.343 e. The fraction of sp³-hybridized carbons (Fsp3) is 0.100. The molecule has 4 aromatic carbocycles. The normalized spacial score (nSPS) is 11.9. The third-order valence-electron chi connectivity index (χ3n) is 6.02. The molecule has 1 atom stereocenters. The number of amides is 1. The van der Waals surface area contributed by atoms with Gasteiger partial charge in [0.05, 0.1) is 6.04 Å². The Morgan fingerprint density at radius 1 is 0.818 bits per heavy atom. The van der Waals surface area contributed by atoms with E-state index in [9.17, 15) is 4.79 Å². The summed E-state index contributed by atoms with van der Waals surface area (Å²) in [6, 6.07) is 36.3. The molecule has 0 radical (unpaired) electrons. The minimum absolute atomic E-state index is 0.0823. The Hall–Kier alpha value is -4.11. The maximum atomic E-state index is 13.2. The average molecular weight is 431 g/mol. The van der Waals surface area contributed by atoms with E-state index in [1.807, 2.05) is 54.6 Å². The molecule has 0 aliphatic carbocycles. The van der Waals surface area contributed by atoms with Crippen LogP contribution in [0.3, 0.4) is 0 Å². The second kappa shape index (κ2) is 9.17. The predicted molar refractivity (Wildman–Crippen MR) is 134 cm³/mol. The van der Waals surface area contributed by atoms with Crippen LogP contribution < -0.4 is 5.32 Å². The maximum Gasteiger partial charge on any atom is 0.252 e. The summed E-state index contributed by atoms with van der Waals surface area (Å²) in [6.07, 6.45) is 2.19. The first-order valence-electron chi connectivity index (χ1n) is 11.2. The molecule has 3 nitrogen and oxygen atoms in total. The third-order valence-corrected chi connectivity index (χ3v) is 6.02. The lowest BCUT2D eigenvalue weighted by atomic mass is 9.97. The standard InChI is InChI=1S/C30H26N2O/c1-22-17-18-28-26(19-22)27(21-32(28)20-23-11-5-2-6-12-23)29(24-13-7-3-8-14-24)31-30(33)25-15-9-4-10-16-25/h2-19,21,29H,20H2,1H3,(H,31,33)/t29-/m1/s1. The van der Waals surface area contributed by atoms with E-state index in [0.717, 1.165) is 28.6 Å². The van der Waals surface area contributed by atoms with Gasteiger partial charge in [-0.3, -0.25) is 4.79 Å². The molecule has 1 heterocycles. The highest BCUT2D eigenvalue weighted by Gasteiger charge is 2.22. The van der Waals surface area contributed by atoms with Crippen molar-refractivity contribution in [3.05, 3.63) is 143 Å². The van der Waals surface area contributed by atoms with Crippen LogP contribution in [0.1, 0.15) is 38.7 Å². The van der Waals surface area contributed by atoms with Crippen LogP contribution in [0.2, 0.25) is 0 Å². The van der Waals surface area contributed by atoms with E-state index in [2.05, 4.69) is 77.6 Å². The van der Waals surface area contributed by atoms with Gasteiger partial charge in [-0.05, 0) is 42.3 Å². The molecule has 0 bridgehead atoms. The second-order valence-electron chi connectivity index (χ2n) is 8.40. The van der Waals surface area contributed by atoms with Gasteiger partial charge in [0.2, 0.25) is 0 Å². The van der Waals surface area contributed by atoms with Crippen molar-refractivity contribution in [3.63, 3.8) is 0 Å². The van der Waals surface area contributed by atoms with Gasteiger partial charge in [-0.25, -0.2) is 0 Å². The van der Waals surface area contributed by atoms with Crippen LogP contribution >= 0.6 is 0 Å². The van der Waals surface area contributed by atoms with Gasteiger partial charge in [-0.2, -0.15) is 0 Å². The molecular weight excluding hydrogens is 404 g/mol. The van der Waals surface area contributed by atoms with Gasteiger partial charge in [-0.15, -0.1) is 0 Å². The molecule has 162 valence electrons. The Kier molecular flexibility index (Phi) is 5.77. The van der Waals surface area contributed by atoms with Crippen LogP contribution in [0.25, 0.3) is 10.9 Å². The summed E-state index contributed by atoms with van der Waals surface area (Å²) < 4.78 is 2.28. The first-order valence-corrected chi connectivity index (χ1v) is 11.2. The van der Waals surface area contributed by atoms with Gasteiger partial charge in [0.1, 0.15) is 0 Å². The van der Waals surface area contributed by atoms with Crippen molar-refractivity contribution in [2.45, 2.75) is 19.5 Å². The largest absolute Gasteiger partial charge is 0.343 e. The summed E-state index contributed by atoms with van der Waals surface area (Å²) in [4.78, 5) is 13.2. The lowest BCUT2D eigenvalue weighted by Gasteiger charge is -2.19. The molecule has 0 fully saturated rings. The van der Waals surface area contributed by atoms with Crippen molar-refractivity contribution in [1.82, 2.24) is 9.88 Å². The molecule has 3 heteroatoms. The van der Waals surface area contributed by atoms with Crippen molar-refractivity contribution in [3.8, 4) is 0 Å². The van der Waals surface area contributed by atoms with Gasteiger partial charge in [0.25, 0.3) is 5.91 Å². The first kappa shape index (κ1) is 20.8. The molecule has 0 saturated carbocycles. The highest BCUT2D eigenvalue weighted by atomic mass is 16.1. The number of hydrogen-bond acceptors (Lipinski definition) is 1. The number of carbonyl (C=O) groups excluding carboxylic acids is 1. The van der Waals surface area contributed by atoms with E-state index in [-0.39, 0.29) is 11.9 Å². The topological polar surface area (TPSA) is 34.0 Å². The number of carbonyl (C=O) groups is 1. The summed E-state index contributed by atoms with van der Waals surface area (Å²) in [7, 11) is 0. The number of nitrogens with zero attached hydrogens (tertiary/aromatic N) is 1. The molecule has 1 aromatic heterocycles. The van der Waals surface area contributed by atoms with Crippen LogP contribution in [-0.2, 0) is 6.54 Å². The number of rotatable bonds is 6. The highest BCUT2D eigenvalue weighted by molar-refractivity contribution is 5.95. The summed E-state index contributed by atoms with van der Waals surface area (Å²) in [6.45, 7) is 2.88. The smallest absolute Gasteiger partial charge is 0.252 e. The monoisotopic (exact) mass is 430 g/mol. The van der Waals surface area contributed by atoms with Crippen LogP contribution in [0, 0.1) is 6.92 Å². The van der Waals surface area contributed by atoms with E-state index in [4.69, 9.17) is 0 Å². The summed E-state index contributed by atoms with van der Waals surface area (Å²) in [5, 5.41) is 4.46. The Morgan fingerprint density at radius 2 is 1.45 bits per heavy atom. The molecule has 5 aromatic rings. The zero-order valence-corrected chi connectivity index (χ0v) is 18.6. The van der Waals surface area contributed by atoms with E-state index in [0.29, 0.717) is 5.56 Å². The molecule has 1 amide bonds. The second-order valence-corrected chi connectivity index (χ2v) is 8.40. The van der Waals surface area contributed by atoms with E-state index in [1.54, 1.807) is 0 Å². The quantitative estimate of drug-likeness (QED) is 0.327. The average Bonchev–Trinajstić information content (AvgIpc) is 3.21. The summed E-state index contributed by atoms with van der Waals surface area (Å²) >= 11 is 0. The molecule has 0 aliphatic heterocycles. The lowest BCUT2D eigenvalue weighted by molar-refractivity contribution is 0.0943. The Morgan fingerprint density at radius 3 is 2.15 bits per heavy atom. The zero-order valence-electron chi connectivity index (χ0n) is 18.6. The lowest BCUT2D eigenvalue weighted by Crippen LogP contribution is -2.29. The minimum atomic E-state index is -0.264. The van der Waals surface area contributed by atoms with Gasteiger partial charge < -0.3 is 9.88 Å². The number of hydrogen-bond donors (Lipinski definition) is 1. The van der Waals surface area contributed by atoms with Gasteiger partial charge in [0, 0.05) is 34.8 Å². The van der Waals surface area contributed by atoms with Gasteiger partial charge >= 0.3 is 0 Å². The van der Waals surface area contributed by atoms with E-state index >= 15 is 0 Å². The molecule has 0 saturated heterocycles. The zero-order chi connectivity index (χ0) is 22.6. The van der Waals surface area contributed by atoms with Crippen LogP contribution in [-0.4, -0.2) is 10.5 Å². The van der Waals surface area contributed by atoms with Crippen molar-refractivity contribution in [2.24, 2.45) is 0 Å².